The Bertz CT molecular complexity index is 2710. The number of thioether (sulfide) groups is 1. The number of carbonyl (C=O) groups is 2. The first-order valence-electron chi connectivity index (χ1n) is 23.9. The number of nitrogens with zero attached hydrogens (tertiary/aromatic N) is 10. The van der Waals surface area contributed by atoms with Crippen LogP contribution in [0.2, 0.25) is 5.02 Å². The summed E-state index contributed by atoms with van der Waals surface area (Å²) in [5.41, 5.74) is 7.51. The Morgan fingerprint density at radius 3 is 1.76 bits per heavy atom. The molecular formula is C51H59ClN10O2S3. The van der Waals surface area contributed by atoms with Gasteiger partial charge in [-0.3, -0.25) is 24.4 Å². The predicted octanol–water partition coefficient (Wildman–Crippen LogP) is 10.2. The number of carbonyl (C=O) groups excluding carboxylic acids is 2. The van der Waals surface area contributed by atoms with Crippen LogP contribution in [0.5, 0.6) is 0 Å². The quantitative estimate of drug-likeness (QED) is 0.124. The van der Waals surface area contributed by atoms with Gasteiger partial charge in [-0.15, -0.1) is 0 Å². The number of halogens is 1. The number of piperidine rings is 4. The van der Waals surface area contributed by atoms with Crippen molar-refractivity contribution in [2.24, 2.45) is 11.8 Å². The van der Waals surface area contributed by atoms with Crippen LogP contribution in [0.15, 0.2) is 99.7 Å². The normalized spacial score (nSPS) is 18.7. The molecule has 0 aliphatic carbocycles. The van der Waals surface area contributed by atoms with E-state index in [9.17, 15) is 9.59 Å². The number of thiophene rings is 2. The zero-order valence-electron chi connectivity index (χ0n) is 38.2. The zero-order valence-corrected chi connectivity index (χ0v) is 41.4. The molecule has 0 spiro atoms. The summed E-state index contributed by atoms with van der Waals surface area (Å²) in [6.45, 7) is 9.29. The summed E-state index contributed by atoms with van der Waals surface area (Å²) < 4.78 is 4.61. The largest absolute Gasteiger partial charge is 0.342 e. The number of likely N-dealkylation sites (tertiary alicyclic amines) is 4. The van der Waals surface area contributed by atoms with E-state index >= 15 is 0 Å². The lowest BCUT2D eigenvalue weighted by Gasteiger charge is -2.38. The Hall–Kier alpha value is -4.64. The molecule has 0 radical (unpaired) electrons. The van der Waals surface area contributed by atoms with E-state index in [0.717, 1.165) is 156 Å². The van der Waals surface area contributed by atoms with Gasteiger partial charge in [0.1, 0.15) is 11.2 Å². The van der Waals surface area contributed by atoms with E-state index in [4.69, 9.17) is 21.6 Å². The maximum Gasteiger partial charge on any atom is 0.225 e. The Labute approximate surface area is 410 Å². The average Bonchev–Trinajstić information content (AvgIpc) is 4.22. The fourth-order valence-corrected chi connectivity index (χ4v) is 12.8. The van der Waals surface area contributed by atoms with Gasteiger partial charge in [-0.1, -0.05) is 29.4 Å². The molecule has 0 saturated carbocycles. The van der Waals surface area contributed by atoms with Crippen LogP contribution in [0.25, 0.3) is 33.7 Å². The molecule has 2 amide bonds. The van der Waals surface area contributed by atoms with Crippen LogP contribution < -0.4 is 0 Å². The van der Waals surface area contributed by atoms with Gasteiger partial charge in [0.25, 0.3) is 0 Å². The topological polar surface area (TPSA) is 109 Å². The van der Waals surface area contributed by atoms with Crippen LogP contribution in [-0.4, -0.2) is 119 Å². The van der Waals surface area contributed by atoms with Crippen molar-refractivity contribution >= 4 is 80.0 Å². The monoisotopic (exact) mass is 974 g/mol. The minimum absolute atomic E-state index is 0.153. The predicted molar refractivity (Wildman–Crippen MR) is 272 cm³/mol. The van der Waals surface area contributed by atoms with Gasteiger partial charge in [0.05, 0.1) is 11.0 Å². The first-order valence-corrected chi connectivity index (χ1v) is 27.4. The lowest BCUT2D eigenvalue weighted by molar-refractivity contribution is -0.139. The summed E-state index contributed by atoms with van der Waals surface area (Å²) in [7, 11) is 0. The molecule has 1 aromatic carbocycles. The zero-order chi connectivity index (χ0) is 45.7. The van der Waals surface area contributed by atoms with Crippen LogP contribution >= 0.6 is 46.0 Å². The van der Waals surface area contributed by atoms with Crippen LogP contribution in [0.4, 0.5) is 0 Å². The highest BCUT2D eigenvalue weighted by Gasteiger charge is 2.34. The molecule has 10 heterocycles. The summed E-state index contributed by atoms with van der Waals surface area (Å²) in [5.74, 6) is 1.92. The highest BCUT2D eigenvalue weighted by molar-refractivity contribution is 7.98. The molecule has 0 atom stereocenters. The number of benzene rings is 1. The van der Waals surface area contributed by atoms with Gasteiger partial charge in [-0.25, -0.2) is 15.0 Å². The molecule has 67 heavy (non-hydrogen) atoms. The molecule has 350 valence electrons. The third-order valence-corrected chi connectivity index (χ3v) is 16.6. The molecule has 0 unspecified atom stereocenters. The number of pyridine rings is 2. The minimum Gasteiger partial charge on any atom is -0.342 e. The first kappa shape index (κ1) is 46.1. The Balaban J connectivity index is 0.000000159. The summed E-state index contributed by atoms with van der Waals surface area (Å²) in [4.78, 5) is 54.6. The number of hydrogen-bond acceptors (Lipinski definition) is 11. The fraction of sp³-hybridized carbons (Fsp3) is 0.451. The molecule has 6 aromatic heterocycles. The number of rotatable bonds is 10. The molecule has 4 saturated heterocycles. The van der Waals surface area contributed by atoms with E-state index in [1.54, 1.807) is 40.6 Å². The van der Waals surface area contributed by atoms with E-state index in [2.05, 4.69) is 84.7 Å². The highest BCUT2D eigenvalue weighted by Crippen LogP contribution is 2.36. The second-order valence-corrected chi connectivity index (χ2v) is 21.2. The number of imidazole rings is 2. The summed E-state index contributed by atoms with van der Waals surface area (Å²) in [6.07, 6.45) is 13.4. The lowest BCUT2D eigenvalue weighted by Crippen LogP contribution is -2.45. The van der Waals surface area contributed by atoms with Crippen molar-refractivity contribution in [3.05, 3.63) is 111 Å². The van der Waals surface area contributed by atoms with Gasteiger partial charge in [0.15, 0.2) is 16.6 Å². The van der Waals surface area contributed by atoms with Gasteiger partial charge in [-0.2, -0.15) is 22.7 Å². The van der Waals surface area contributed by atoms with E-state index in [-0.39, 0.29) is 17.9 Å². The number of amides is 2. The maximum absolute atomic E-state index is 13.4. The van der Waals surface area contributed by atoms with E-state index in [0.29, 0.717) is 22.9 Å². The number of aromatic nitrogens is 6. The van der Waals surface area contributed by atoms with Crippen LogP contribution in [0, 0.1) is 11.8 Å². The van der Waals surface area contributed by atoms with Crippen LogP contribution in [0.3, 0.4) is 0 Å². The molecule has 12 nitrogen and oxygen atoms in total. The van der Waals surface area contributed by atoms with Crippen molar-refractivity contribution in [2.45, 2.75) is 81.7 Å². The van der Waals surface area contributed by atoms with Crippen molar-refractivity contribution in [3.8, 4) is 11.5 Å². The van der Waals surface area contributed by atoms with Gasteiger partial charge >= 0.3 is 0 Å². The van der Waals surface area contributed by atoms with Gasteiger partial charge in [0, 0.05) is 80.6 Å². The smallest absolute Gasteiger partial charge is 0.225 e. The summed E-state index contributed by atoms with van der Waals surface area (Å²) >= 11 is 11.5. The summed E-state index contributed by atoms with van der Waals surface area (Å²) in [5, 5.41) is 10.4. The number of hydrogen-bond donors (Lipinski definition) is 0. The van der Waals surface area contributed by atoms with Crippen molar-refractivity contribution in [1.29, 1.82) is 0 Å². The maximum atomic E-state index is 13.4. The minimum atomic E-state index is 0.153. The number of fused-ring (bicyclic) bond motifs is 2. The van der Waals surface area contributed by atoms with Crippen LogP contribution in [0.1, 0.15) is 74.6 Å². The first-order chi connectivity index (χ1) is 32.9. The molecule has 4 aliphatic heterocycles. The lowest BCUT2D eigenvalue weighted by atomic mass is 9.93. The molecular weight excluding hydrogens is 916 g/mol. The van der Waals surface area contributed by atoms with Gasteiger partial charge < -0.3 is 18.9 Å². The van der Waals surface area contributed by atoms with E-state index in [1.165, 1.54) is 11.1 Å². The Morgan fingerprint density at radius 1 is 0.642 bits per heavy atom. The third kappa shape index (κ3) is 10.5. The molecule has 16 heteroatoms. The van der Waals surface area contributed by atoms with Gasteiger partial charge in [0.2, 0.25) is 11.8 Å². The van der Waals surface area contributed by atoms with Crippen molar-refractivity contribution in [2.75, 3.05) is 58.6 Å². The second-order valence-electron chi connectivity index (χ2n) is 18.4. The molecule has 11 rings (SSSR count). The van der Waals surface area contributed by atoms with E-state index < -0.39 is 0 Å². The third-order valence-electron chi connectivity index (χ3n) is 14.3. The fourth-order valence-electron chi connectivity index (χ4n) is 10.7. The SMILES string of the molecule is CSc1nc2cccnc2n1C1CCN(C(=O)C2CCN(Cc3ccsc3)CC2)CC1.O=C(C1CCN(Cc2ccsc2)CC1)N1CCC(n2c(-c3ccccn3)nc3cc(Cl)ccc32)CC1. The molecule has 4 aliphatic rings. The van der Waals surface area contributed by atoms with Crippen LogP contribution in [-0.2, 0) is 22.7 Å². The van der Waals surface area contributed by atoms with Crippen molar-refractivity contribution in [3.63, 3.8) is 0 Å². The average molecular weight is 976 g/mol. The van der Waals surface area contributed by atoms with Crippen molar-refractivity contribution in [1.82, 2.24) is 48.7 Å². The van der Waals surface area contributed by atoms with Crippen molar-refractivity contribution < 1.29 is 9.59 Å². The molecule has 4 fully saturated rings. The Morgan fingerprint density at radius 2 is 1.22 bits per heavy atom. The standard InChI is InChI=1S/C28H30ClN5OS.C23H29N5OS2/c29-22-4-5-26-25(17-22)31-27(24-3-1-2-11-30-24)34(26)23-8-14-33(15-9-23)28(35)21-6-12-32(13-7-21)18-20-10-16-36-19-20;1-30-23-25-20-3-2-9-24-21(20)28(23)19-6-12-27(13-7-19)22(29)18-4-10-26(11-5-18)15-17-8-14-31-16-17/h1-5,10-11,16-17,19,21,23H,6-9,12-15,18H2;2-3,8-9,14,16,18-19H,4-7,10-13,15H2,1H3. The molecule has 0 N–H and O–H groups in total. The second kappa shape index (κ2) is 21.3. The molecule has 0 bridgehead atoms. The summed E-state index contributed by atoms with van der Waals surface area (Å²) in [6, 6.07) is 20.8. The highest BCUT2D eigenvalue weighted by atomic mass is 35.5. The Kier molecular flexibility index (Phi) is 14.7. The van der Waals surface area contributed by atoms with Gasteiger partial charge in [-0.05, 0) is 171 Å². The molecule has 7 aromatic rings. The van der Waals surface area contributed by atoms with E-state index in [1.807, 2.05) is 48.7 Å².